The summed E-state index contributed by atoms with van der Waals surface area (Å²) in [6, 6.07) is 10.6. The van der Waals surface area contributed by atoms with E-state index in [1.807, 2.05) is 12.1 Å². The van der Waals surface area contributed by atoms with Gasteiger partial charge >= 0.3 is 5.97 Å². The minimum Gasteiger partial charge on any atom is -0.481 e. The van der Waals surface area contributed by atoms with Crippen LogP contribution in [0, 0.1) is 0 Å². The van der Waals surface area contributed by atoms with Crippen molar-refractivity contribution in [1.82, 2.24) is 0 Å². The van der Waals surface area contributed by atoms with E-state index in [-0.39, 0.29) is 5.78 Å². The maximum atomic E-state index is 12.8. The summed E-state index contributed by atoms with van der Waals surface area (Å²) in [7, 11) is 0. The molecule has 1 aliphatic rings. The second kappa shape index (κ2) is 5.78. The van der Waals surface area contributed by atoms with Gasteiger partial charge in [-0.1, -0.05) is 17.7 Å². The topological polar surface area (TPSA) is 54.4 Å². The lowest BCUT2D eigenvalue weighted by Crippen LogP contribution is -2.10. The molecule has 0 saturated carbocycles. The number of benzene rings is 2. The average Bonchev–Trinajstić information content (AvgIpc) is 2.63. The Hall–Kier alpha value is -1.78. The molecule has 1 N–H and O–H groups in total. The number of hydrogen-bond acceptors (Lipinski definition) is 3. The predicted octanol–water partition coefficient (Wildman–Crippen LogP) is 4.36. The molecule has 3 rings (SSSR count). The Bertz CT molecular complexity index is 785. The van der Waals surface area contributed by atoms with Gasteiger partial charge in [0.15, 0.2) is 5.78 Å². The van der Waals surface area contributed by atoms with E-state index in [4.69, 9.17) is 16.7 Å². The van der Waals surface area contributed by atoms with Crippen molar-refractivity contribution in [1.29, 1.82) is 0 Å². The molecule has 0 saturated heterocycles. The van der Waals surface area contributed by atoms with Gasteiger partial charge in [0.2, 0.25) is 0 Å². The molecule has 2 aromatic rings. The number of ketones is 1. The molecule has 0 amide bonds. The zero-order chi connectivity index (χ0) is 15.9. The van der Waals surface area contributed by atoms with Crippen molar-refractivity contribution < 1.29 is 14.7 Å². The van der Waals surface area contributed by atoms with Crippen molar-refractivity contribution in [2.24, 2.45) is 0 Å². The monoisotopic (exact) mass is 332 g/mol. The van der Waals surface area contributed by atoms with Gasteiger partial charge in [-0.15, -0.1) is 11.8 Å². The molecule has 0 fully saturated rings. The largest absolute Gasteiger partial charge is 0.481 e. The first-order chi connectivity index (χ1) is 10.5. The summed E-state index contributed by atoms with van der Waals surface area (Å²) in [5.74, 6) is -0.953. The summed E-state index contributed by atoms with van der Waals surface area (Å²) in [5, 5.41) is 9.75. The Balaban J connectivity index is 2.10. The Morgan fingerprint density at radius 2 is 2.00 bits per heavy atom. The summed E-state index contributed by atoms with van der Waals surface area (Å²) in [5.41, 5.74) is 2.75. The lowest BCUT2D eigenvalue weighted by molar-refractivity contribution is -0.138. The van der Waals surface area contributed by atoms with E-state index in [9.17, 15) is 9.59 Å². The molecule has 0 aliphatic carbocycles. The fourth-order valence-corrected chi connectivity index (χ4v) is 3.68. The molecule has 1 heterocycles. The first-order valence-electron chi connectivity index (χ1n) is 6.80. The summed E-state index contributed by atoms with van der Waals surface area (Å²) in [6.45, 7) is 1.62. The number of carbonyl (C=O) groups is 2. The standard InChI is InChI=1S/C17H13ClO3S/c1-9(17(20)21)10-2-5-15-14(7-10)16(19)13-4-3-12(18)6-11(13)8-22-15/h2-7,9H,8H2,1H3,(H,20,21). The quantitative estimate of drug-likeness (QED) is 0.887. The van der Waals surface area contributed by atoms with E-state index in [2.05, 4.69) is 0 Å². The SMILES string of the molecule is CC(C(=O)O)c1ccc2c(c1)C(=O)c1ccc(Cl)cc1CS2. The van der Waals surface area contributed by atoms with Crippen LogP contribution in [-0.4, -0.2) is 16.9 Å². The highest BCUT2D eigenvalue weighted by molar-refractivity contribution is 7.98. The van der Waals surface area contributed by atoms with Gasteiger partial charge in [0.1, 0.15) is 0 Å². The molecule has 1 aliphatic heterocycles. The normalized spacial score (nSPS) is 14.7. The zero-order valence-corrected chi connectivity index (χ0v) is 13.4. The number of thioether (sulfide) groups is 1. The van der Waals surface area contributed by atoms with Crippen molar-refractivity contribution in [2.45, 2.75) is 23.5 Å². The van der Waals surface area contributed by atoms with Gasteiger partial charge in [-0.25, -0.2) is 0 Å². The first kappa shape index (κ1) is 15.1. The third-order valence-electron chi connectivity index (χ3n) is 3.81. The van der Waals surface area contributed by atoms with Gasteiger partial charge in [0.05, 0.1) is 5.92 Å². The van der Waals surface area contributed by atoms with Gasteiger partial charge in [0.25, 0.3) is 0 Å². The van der Waals surface area contributed by atoms with Crippen LogP contribution in [0.25, 0.3) is 0 Å². The number of carboxylic acid groups (broad SMARTS) is 1. The molecule has 5 heteroatoms. The van der Waals surface area contributed by atoms with Crippen LogP contribution in [0.1, 0.15) is 39.9 Å². The molecular weight excluding hydrogens is 320 g/mol. The van der Waals surface area contributed by atoms with E-state index >= 15 is 0 Å². The van der Waals surface area contributed by atoms with Crippen LogP contribution in [0.2, 0.25) is 5.02 Å². The van der Waals surface area contributed by atoms with E-state index < -0.39 is 11.9 Å². The first-order valence-corrected chi connectivity index (χ1v) is 8.16. The number of carboxylic acids is 1. The highest BCUT2D eigenvalue weighted by Crippen LogP contribution is 2.36. The summed E-state index contributed by atoms with van der Waals surface area (Å²) < 4.78 is 0. The number of aliphatic carboxylic acids is 1. The second-order valence-corrected chi connectivity index (χ2v) is 6.69. The highest BCUT2D eigenvalue weighted by atomic mass is 35.5. The Labute approximate surface area is 137 Å². The number of hydrogen-bond donors (Lipinski definition) is 1. The lowest BCUT2D eigenvalue weighted by atomic mass is 9.94. The van der Waals surface area contributed by atoms with Gasteiger partial charge in [-0.2, -0.15) is 0 Å². The maximum Gasteiger partial charge on any atom is 0.310 e. The average molecular weight is 333 g/mol. The molecular formula is C17H13ClO3S. The van der Waals surface area contributed by atoms with Crippen molar-refractivity contribution in [2.75, 3.05) is 0 Å². The van der Waals surface area contributed by atoms with Crippen LogP contribution in [0.3, 0.4) is 0 Å². The molecule has 22 heavy (non-hydrogen) atoms. The van der Waals surface area contributed by atoms with Gasteiger partial charge in [0, 0.05) is 26.8 Å². The van der Waals surface area contributed by atoms with Crippen LogP contribution >= 0.6 is 23.4 Å². The van der Waals surface area contributed by atoms with Crippen molar-refractivity contribution in [3.8, 4) is 0 Å². The highest BCUT2D eigenvalue weighted by Gasteiger charge is 2.24. The van der Waals surface area contributed by atoms with Crippen molar-refractivity contribution in [3.63, 3.8) is 0 Å². The number of fused-ring (bicyclic) bond motifs is 2. The van der Waals surface area contributed by atoms with Crippen LogP contribution in [0.4, 0.5) is 0 Å². The smallest absolute Gasteiger partial charge is 0.310 e. The number of carbonyl (C=O) groups excluding carboxylic acids is 1. The zero-order valence-electron chi connectivity index (χ0n) is 11.8. The summed E-state index contributed by atoms with van der Waals surface area (Å²) >= 11 is 7.57. The Kier molecular flexibility index (Phi) is 3.98. The molecule has 0 bridgehead atoms. The number of halogens is 1. The van der Waals surface area contributed by atoms with Crippen LogP contribution in [-0.2, 0) is 10.5 Å². The van der Waals surface area contributed by atoms with E-state index in [0.717, 1.165) is 10.5 Å². The van der Waals surface area contributed by atoms with Crippen LogP contribution in [0.5, 0.6) is 0 Å². The molecule has 0 spiro atoms. The van der Waals surface area contributed by atoms with Crippen LogP contribution < -0.4 is 0 Å². The van der Waals surface area contributed by atoms with Crippen LogP contribution in [0.15, 0.2) is 41.3 Å². The van der Waals surface area contributed by atoms with E-state index in [0.29, 0.717) is 27.5 Å². The summed E-state index contributed by atoms with van der Waals surface area (Å²) in [6.07, 6.45) is 0. The minimum atomic E-state index is -0.902. The van der Waals surface area contributed by atoms with Gasteiger partial charge < -0.3 is 5.11 Å². The molecule has 1 atom stereocenters. The Morgan fingerprint density at radius 3 is 2.73 bits per heavy atom. The molecule has 3 nitrogen and oxygen atoms in total. The Morgan fingerprint density at radius 1 is 1.23 bits per heavy atom. The third-order valence-corrected chi connectivity index (χ3v) is 5.17. The molecule has 2 aromatic carbocycles. The fraction of sp³-hybridized carbons (Fsp3) is 0.176. The second-order valence-electron chi connectivity index (χ2n) is 5.23. The molecule has 0 aromatic heterocycles. The third kappa shape index (κ3) is 2.64. The predicted molar refractivity (Wildman–Crippen MR) is 86.9 cm³/mol. The van der Waals surface area contributed by atoms with Crippen molar-refractivity contribution in [3.05, 3.63) is 63.7 Å². The van der Waals surface area contributed by atoms with E-state index in [1.165, 1.54) is 0 Å². The van der Waals surface area contributed by atoms with E-state index in [1.54, 1.807) is 43.0 Å². The lowest BCUT2D eigenvalue weighted by Gasteiger charge is -2.11. The molecule has 0 radical (unpaired) electrons. The van der Waals surface area contributed by atoms with Gasteiger partial charge in [-0.05, 0) is 48.4 Å². The minimum absolute atomic E-state index is 0.0777. The molecule has 1 unspecified atom stereocenters. The van der Waals surface area contributed by atoms with Crippen molar-refractivity contribution >= 4 is 35.1 Å². The fourth-order valence-electron chi connectivity index (χ4n) is 2.47. The number of rotatable bonds is 2. The maximum absolute atomic E-state index is 12.8. The molecule has 112 valence electrons. The van der Waals surface area contributed by atoms with Gasteiger partial charge in [-0.3, -0.25) is 9.59 Å². The summed E-state index contributed by atoms with van der Waals surface area (Å²) in [4.78, 5) is 24.8.